The van der Waals surface area contributed by atoms with Crippen LogP contribution in [0.25, 0.3) is 0 Å². The van der Waals surface area contributed by atoms with Gasteiger partial charge in [0.25, 0.3) is 0 Å². The quantitative estimate of drug-likeness (QED) is 0.599. The highest BCUT2D eigenvalue weighted by Crippen LogP contribution is 2.31. The molecule has 1 amide bonds. The van der Waals surface area contributed by atoms with Crippen LogP contribution in [0.1, 0.15) is 73.4 Å². The van der Waals surface area contributed by atoms with Gasteiger partial charge in [-0.1, -0.05) is 48.9 Å². The number of aromatic nitrogens is 1. The Morgan fingerprint density at radius 3 is 2.56 bits per heavy atom. The van der Waals surface area contributed by atoms with Crippen molar-refractivity contribution in [3.05, 3.63) is 46.0 Å². The Balaban J connectivity index is 1.58. The monoisotopic (exact) mass is 457 g/mol. The lowest BCUT2D eigenvalue weighted by Gasteiger charge is -2.31. The van der Waals surface area contributed by atoms with Crippen LogP contribution < -0.4 is 10.2 Å². The number of amides is 1. The van der Waals surface area contributed by atoms with E-state index in [1.807, 2.05) is 27.7 Å². The van der Waals surface area contributed by atoms with E-state index in [2.05, 4.69) is 46.4 Å². The van der Waals surface area contributed by atoms with Crippen molar-refractivity contribution in [1.82, 2.24) is 10.3 Å². The van der Waals surface area contributed by atoms with Crippen molar-refractivity contribution in [3.63, 3.8) is 0 Å². The number of carbonyl (C=O) groups is 2. The molecule has 1 aliphatic rings. The highest BCUT2D eigenvalue weighted by atomic mass is 32.1. The molecule has 0 spiro atoms. The van der Waals surface area contributed by atoms with Gasteiger partial charge >= 0.3 is 5.97 Å². The molecule has 6 nitrogen and oxygen atoms in total. The standard InChI is InChI=1S/C25H35N3O3S/c1-6-8-18-10-12-19(13-11-18)15-26-22(29)20-9-7-14-28(16-20)24-27-17(2)21(32-24)23(30)31-25(3,4)5/h10-13,20H,6-9,14-16H2,1-5H3,(H,26,29)/t20-/m1/s1. The van der Waals surface area contributed by atoms with Gasteiger partial charge in [-0.25, -0.2) is 9.78 Å². The number of rotatable bonds is 7. The Morgan fingerprint density at radius 2 is 1.91 bits per heavy atom. The molecule has 1 aliphatic heterocycles. The molecule has 1 aromatic carbocycles. The second kappa shape index (κ2) is 10.5. The molecule has 1 fully saturated rings. The average Bonchev–Trinajstić information content (AvgIpc) is 3.14. The Labute approximate surface area is 195 Å². The van der Waals surface area contributed by atoms with E-state index >= 15 is 0 Å². The van der Waals surface area contributed by atoms with E-state index in [1.54, 1.807) is 0 Å². The second-order valence-corrected chi connectivity index (χ2v) is 10.5. The lowest BCUT2D eigenvalue weighted by molar-refractivity contribution is -0.125. The molecule has 32 heavy (non-hydrogen) atoms. The fourth-order valence-electron chi connectivity index (χ4n) is 3.84. The smallest absolute Gasteiger partial charge is 0.350 e. The maximum Gasteiger partial charge on any atom is 0.350 e. The van der Waals surface area contributed by atoms with Crippen LogP contribution in [-0.2, 0) is 22.5 Å². The number of ether oxygens (including phenoxy) is 1. The molecule has 0 aliphatic carbocycles. The fraction of sp³-hybridized carbons (Fsp3) is 0.560. The normalized spacial score (nSPS) is 16.7. The number of aryl methyl sites for hydroxylation is 2. The van der Waals surface area contributed by atoms with E-state index in [0.29, 0.717) is 23.7 Å². The minimum atomic E-state index is -0.543. The maximum absolute atomic E-state index is 12.8. The number of carbonyl (C=O) groups excluding carboxylic acids is 2. The topological polar surface area (TPSA) is 71.5 Å². The summed E-state index contributed by atoms with van der Waals surface area (Å²) in [5.41, 5.74) is 2.58. The number of esters is 1. The summed E-state index contributed by atoms with van der Waals surface area (Å²) >= 11 is 1.35. The summed E-state index contributed by atoms with van der Waals surface area (Å²) in [6.07, 6.45) is 3.99. The van der Waals surface area contributed by atoms with Crippen LogP contribution in [0.2, 0.25) is 0 Å². The van der Waals surface area contributed by atoms with E-state index in [4.69, 9.17) is 4.74 Å². The average molecular weight is 458 g/mol. The van der Waals surface area contributed by atoms with E-state index in [9.17, 15) is 9.59 Å². The maximum atomic E-state index is 12.8. The molecule has 0 radical (unpaired) electrons. The molecule has 1 aromatic heterocycles. The number of hydrogen-bond acceptors (Lipinski definition) is 6. The molecular weight excluding hydrogens is 422 g/mol. The number of hydrogen-bond donors (Lipinski definition) is 1. The molecule has 0 saturated carbocycles. The molecule has 3 rings (SSSR count). The summed E-state index contributed by atoms with van der Waals surface area (Å²) in [4.78, 5) is 32.6. The van der Waals surface area contributed by atoms with E-state index in [1.165, 1.54) is 16.9 Å². The van der Waals surface area contributed by atoms with Gasteiger partial charge in [-0.15, -0.1) is 0 Å². The van der Waals surface area contributed by atoms with Crippen molar-refractivity contribution in [2.75, 3.05) is 18.0 Å². The first kappa shape index (κ1) is 24.2. The zero-order valence-electron chi connectivity index (χ0n) is 19.9. The number of nitrogens with one attached hydrogen (secondary N) is 1. The van der Waals surface area contributed by atoms with Gasteiger partial charge in [0.05, 0.1) is 11.6 Å². The van der Waals surface area contributed by atoms with Crippen molar-refractivity contribution < 1.29 is 14.3 Å². The Bertz CT molecular complexity index is 931. The molecule has 0 bridgehead atoms. The lowest BCUT2D eigenvalue weighted by Crippen LogP contribution is -2.43. The molecular formula is C25H35N3O3S. The summed E-state index contributed by atoms with van der Waals surface area (Å²) in [5, 5.41) is 3.88. The van der Waals surface area contributed by atoms with Gasteiger partial charge in [0.1, 0.15) is 10.5 Å². The predicted octanol–water partition coefficient (Wildman–Crippen LogP) is 4.89. The summed E-state index contributed by atoms with van der Waals surface area (Å²) in [7, 11) is 0. The van der Waals surface area contributed by atoms with Gasteiger partial charge < -0.3 is 15.0 Å². The third-order valence-electron chi connectivity index (χ3n) is 5.46. The van der Waals surface area contributed by atoms with Crippen molar-refractivity contribution >= 4 is 28.3 Å². The van der Waals surface area contributed by atoms with Gasteiger partial charge in [-0.2, -0.15) is 0 Å². The Kier molecular flexibility index (Phi) is 7.93. The van der Waals surface area contributed by atoms with Crippen molar-refractivity contribution in [2.45, 2.75) is 72.4 Å². The Hall–Kier alpha value is -2.41. The molecule has 2 aromatic rings. The van der Waals surface area contributed by atoms with E-state index in [0.717, 1.165) is 42.9 Å². The third-order valence-corrected chi connectivity index (χ3v) is 6.66. The highest BCUT2D eigenvalue weighted by Gasteiger charge is 2.29. The van der Waals surface area contributed by atoms with Crippen LogP contribution in [0.15, 0.2) is 24.3 Å². The Morgan fingerprint density at radius 1 is 1.22 bits per heavy atom. The van der Waals surface area contributed by atoms with Gasteiger partial charge in [-0.05, 0) is 58.1 Å². The largest absolute Gasteiger partial charge is 0.456 e. The molecule has 0 unspecified atom stereocenters. The number of nitrogens with zero attached hydrogens (tertiary/aromatic N) is 2. The zero-order valence-corrected chi connectivity index (χ0v) is 20.7. The van der Waals surface area contributed by atoms with E-state index < -0.39 is 5.60 Å². The van der Waals surface area contributed by atoms with Crippen LogP contribution in [-0.4, -0.2) is 35.6 Å². The summed E-state index contributed by atoms with van der Waals surface area (Å²) in [6.45, 7) is 11.6. The van der Waals surface area contributed by atoms with Crippen LogP contribution >= 0.6 is 11.3 Å². The van der Waals surface area contributed by atoms with Crippen molar-refractivity contribution in [1.29, 1.82) is 0 Å². The molecule has 2 heterocycles. The van der Waals surface area contributed by atoms with E-state index in [-0.39, 0.29) is 17.8 Å². The highest BCUT2D eigenvalue weighted by molar-refractivity contribution is 7.17. The lowest BCUT2D eigenvalue weighted by atomic mass is 9.97. The van der Waals surface area contributed by atoms with Crippen LogP contribution in [0.3, 0.4) is 0 Å². The minimum absolute atomic E-state index is 0.0768. The summed E-state index contributed by atoms with van der Waals surface area (Å²) < 4.78 is 5.51. The third kappa shape index (κ3) is 6.55. The molecule has 1 saturated heterocycles. The first-order valence-corrected chi connectivity index (χ1v) is 12.3. The SMILES string of the molecule is CCCc1ccc(CNC(=O)[C@@H]2CCCN(c3nc(C)c(C(=O)OC(C)(C)C)s3)C2)cc1. The molecule has 174 valence electrons. The van der Waals surface area contributed by atoms with Crippen LogP contribution in [0, 0.1) is 12.8 Å². The first-order valence-electron chi connectivity index (χ1n) is 11.5. The number of benzene rings is 1. The first-order chi connectivity index (χ1) is 15.2. The van der Waals surface area contributed by atoms with Crippen LogP contribution in [0.4, 0.5) is 5.13 Å². The number of piperidine rings is 1. The summed E-state index contributed by atoms with van der Waals surface area (Å²) in [6, 6.07) is 8.46. The van der Waals surface area contributed by atoms with Crippen LogP contribution in [0.5, 0.6) is 0 Å². The molecule has 7 heteroatoms. The second-order valence-electron chi connectivity index (χ2n) is 9.48. The van der Waals surface area contributed by atoms with Crippen molar-refractivity contribution in [2.24, 2.45) is 5.92 Å². The van der Waals surface area contributed by atoms with Gasteiger partial charge in [0, 0.05) is 19.6 Å². The fourth-order valence-corrected chi connectivity index (χ4v) is 4.82. The number of thiazole rings is 1. The zero-order chi connectivity index (χ0) is 23.3. The van der Waals surface area contributed by atoms with Gasteiger partial charge in [-0.3, -0.25) is 4.79 Å². The molecule has 1 N–H and O–H groups in total. The van der Waals surface area contributed by atoms with Gasteiger partial charge in [0.15, 0.2) is 5.13 Å². The minimum Gasteiger partial charge on any atom is -0.456 e. The van der Waals surface area contributed by atoms with Gasteiger partial charge in [0.2, 0.25) is 5.91 Å². The molecule has 1 atom stereocenters. The van der Waals surface area contributed by atoms with Crippen molar-refractivity contribution in [3.8, 4) is 0 Å². The number of anilines is 1. The predicted molar refractivity (Wildman–Crippen MR) is 129 cm³/mol. The summed E-state index contributed by atoms with van der Waals surface area (Å²) in [5.74, 6) is -0.347.